The summed E-state index contributed by atoms with van der Waals surface area (Å²) in [6.45, 7) is 0. The number of hydrogen-bond donors (Lipinski definition) is 2. The van der Waals surface area contributed by atoms with E-state index in [1.807, 2.05) is 0 Å². The van der Waals surface area contributed by atoms with Gasteiger partial charge in [0.25, 0.3) is 5.91 Å². The maximum Gasteiger partial charge on any atom is 0.271 e. The van der Waals surface area contributed by atoms with Gasteiger partial charge in [0, 0.05) is 5.56 Å². The SMILES string of the molecule is NC(=O)C(=NO)c1ccccc1. The van der Waals surface area contributed by atoms with E-state index in [1.54, 1.807) is 30.3 Å². The fraction of sp³-hybridized carbons (Fsp3) is 0. The molecular weight excluding hydrogens is 156 g/mol. The van der Waals surface area contributed by atoms with Crippen molar-refractivity contribution in [3.8, 4) is 0 Å². The van der Waals surface area contributed by atoms with Crippen LogP contribution < -0.4 is 5.73 Å². The molecule has 1 aromatic rings. The van der Waals surface area contributed by atoms with Gasteiger partial charge in [-0.05, 0) is 0 Å². The molecule has 1 aromatic carbocycles. The van der Waals surface area contributed by atoms with Crippen molar-refractivity contribution in [3.63, 3.8) is 0 Å². The van der Waals surface area contributed by atoms with Gasteiger partial charge in [-0.2, -0.15) is 0 Å². The number of amides is 1. The third-order valence-corrected chi connectivity index (χ3v) is 1.38. The van der Waals surface area contributed by atoms with Gasteiger partial charge in [-0.3, -0.25) is 4.79 Å². The minimum atomic E-state index is -0.747. The number of rotatable bonds is 2. The lowest BCUT2D eigenvalue weighted by Crippen LogP contribution is -2.24. The molecule has 0 spiro atoms. The Kier molecular flexibility index (Phi) is 2.42. The molecule has 0 aliphatic heterocycles. The number of benzene rings is 1. The van der Waals surface area contributed by atoms with Crippen molar-refractivity contribution in [3.05, 3.63) is 35.9 Å². The monoisotopic (exact) mass is 164 g/mol. The summed E-state index contributed by atoms with van der Waals surface area (Å²) in [5, 5.41) is 11.2. The van der Waals surface area contributed by atoms with Crippen LogP contribution in [0.5, 0.6) is 0 Å². The van der Waals surface area contributed by atoms with Crippen molar-refractivity contribution < 1.29 is 10.0 Å². The number of primary amides is 1. The highest BCUT2D eigenvalue weighted by Gasteiger charge is 2.08. The summed E-state index contributed by atoms with van der Waals surface area (Å²) >= 11 is 0. The first-order valence-corrected chi connectivity index (χ1v) is 3.33. The molecule has 0 bridgehead atoms. The van der Waals surface area contributed by atoms with Crippen LogP contribution in [0, 0.1) is 0 Å². The molecule has 4 nitrogen and oxygen atoms in total. The molecule has 1 amide bonds. The van der Waals surface area contributed by atoms with E-state index < -0.39 is 5.91 Å². The van der Waals surface area contributed by atoms with E-state index in [0.29, 0.717) is 5.56 Å². The summed E-state index contributed by atoms with van der Waals surface area (Å²) in [5.74, 6) is -0.747. The lowest BCUT2D eigenvalue weighted by Gasteiger charge is -1.97. The van der Waals surface area contributed by atoms with E-state index >= 15 is 0 Å². The van der Waals surface area contributed by atoms with Gasteiger partial charge >= 0.3 is 0 Å². The van der Waals surface area contributed by atoms with Gasteiger partial charge in [0.1, 0.15) is 0 Å². The zero-order valence-corrected chi connectivity index (χ0v) is 6.27. The Morgan fingerprint density at radius 3 is 2.33 bits per heavy atom. The van der Waals surface area contributed by atoms with Crippen molar-refractivity contribution >= 4 is 11.6 Å². The Balaban J connectivity index is 3.05. The maximum atomic E-state index is 10.7. The Hall–Kier alpha value is -1.84. The number of hydrogen-bond acceptors (Lipinski definition) is 3. The van der Waals surface area contributed by atoms with Crippen LogP contribution in [0.1, 0.15) is 5.56 Å². The van der Waals surface area contributed by atoms with E-state index in [0.717, 1.165) is 0 Å². The van der Waals surface area contributed by atoms with Crippen LogP contribution in [-0.2, 0) is 4.79 Å². The number of carbonyl (C=O) groups excluding carboxylic acids is 1. The average Bonchev–Trinajstić information content (AvgIpc) is 2.07. The van der Waals surface area contributed by atoms with Crippen LogP contribution in [0.15, 0.2) is 35.5 Å². The Morgan fingerprint density at radius 2 is 1.92 bits per heavy atom. The second kappa shape index (κ2) is 3.52. The minimum Gasteiger partial charge on any atom is -0.410 e. The second-order valence-electron chi connectivity index (χ2n) is 2.18. The van der Waals surface area contributed by atoms with Crippen molar-refractivity contribution in [1.29, 1.82) is 0 Å². The normalized spacial score (nSPS) is 11.2. The van der Waals surface area contributed by atoms with Gasteiger partial charge in [0.2, 0.25) is 0 Å². The van der Waals surface area contributed by atoms with Gasteiger partial charge in [-0.1, -0.05) is 35.5 Å². The fourth-order valence-corrected chi connectivity index (χ4v) is 0.845. The van der Waals surface area contributed by atoms with E-state index in [9.17, 15) is 4.79 Å². The van der Waals surface area contributed by atoms with Crippen molar-refractivity contribution in [2.75, 3.05) is 0 Å². The highest BCUT2D eigenvalue weighted by Crippen LogP contribution is 1.99. The zero-order valence-electron chi connectivity index (χ0n) is 6.27. The van der Waals surface area contributed by atoms with Crippen LogP contribution in [-0.4, -0.2) is 16.8 Å². The zero-order chi connectivity index (χ0) is 8.97. The van der Waals surface area contributed by atoms with Crippen molar-refractivity contribution in [1.82, 2.24) is 0 Å². The van der Waals surface area contributed by atoms with Crippen LogP contribution in [0.25, 0.3) is 0 Å². The summed E-state index contributed by atoms with van der Waals surface area (Å²) in [4.78, 5) is 10.7. The number of carbonyl (C=O) groups is 1. The van der Waals surface area contributed by atoms with Crippen LogP contribution >= 0.6 is 0 Å². The predicted octanol–water partition coefficient (Wildman–Crippen LogP) is 0.350. The van der Waals surface area contributed by atoms with E-state index in [1.165, 1.54) is 0 Å². The molecule has 0 atom stereocenters. The number of oxime groups is 1. The summed E-state index contributed by atoms with van der Waals surface area (Å²) in [7, 11) is 0. The second-order valence-corrected chi connectivity index (χ2v) is 2.18. The third kappa shape index (κ3) is 1.60. The van der Waals surface area contributed by atoms with Crippen LogP contribution in [0.3, 0.4) is 0 Å². The van der Waals surface area contributed by atoms with E-state index in [4.69, 9.17) is 10.9 Å². The molecule has 12 heavy (non-hydrogen) atoms. The highest BCUT2D eigenvalue weighted by molar-refractivity contribution is 6.44. The van der Waals surface area contributed by atoms with Crippen molar-refractivity contribution in [2.24, 2.45) is 10.9 Å². The molecule has 0 radical (unpaired) electrons. The Morgan fingerprint density at radius 1 is 1.33 bits per heavy atom. The first-order valence-electron chi connectivity index (χ1n) is 3.33. The van der Waals surface area contributed by atoms with E-state index in [-0.39, 0.29) is 5.71 Å². The minimum absolute atomic E-state index is 0.129. The molecule has 0 aliphatic carbocycles. The van der Waals surface area contributed by atoms with Crippen molar-refractivity contribution in [2.45, 2.75) is 0 Å². The smallest absolute Gasteiger partial charge is 0.271 e. The summed E-state index contributed by atoms with van der Waals surface area (Å²) in [5.41, 5.74) is 5.33. The van der Waals surface area contributed by atoms with Gasteiger partial charge < -0.3 is 10.9 Å². The Bertz CT molecular complexity index is 306. The van der Waals surface area contributed by atoms with Crippen LogP contribution in [0.4, 0.5) is 0 Å². The molecule has 4 heteroatoms. The molecule has 0 saturated carbocycles. The van der Waals surface area contributed by atoms with E-state index in [2.05, 4.69) is 5.16 Å². The molecule has 0 unspecified atom stereocenters. The third-order valence-electron chi connectivity index (χ3n) is 1.38. The van der Waals surface area contributed by atoms with Crippen LogP contribution in [0.2, 0.25) is 0 Å². The maximum absolute atomic E-state index is 10.7. The predicted molar refractivity (Wildman–Crippen MR) is 44.0 cm³/mol. The average molecular weight is 164 g/mol. The topological polar surface area (TPSA) is 75.7 Å². The number of nitrogens with zero attached hydrogens (tertiary/aromatic N) is 1. The molecular formula is C8H8N2O2. The largest absolute Gasteiger partial charge is 0.410 e. The lowest BCUT2D eigenvalue weighted by molar-refractivity contribution is -0.112. The standard InChI is InChI=1S/C8H8N2O2/c9-8(11)7(10-12)6-4-2-1-3-5-6/h1-5,12H,(H2,9,11). The summed E-state index contributed by atoms with van der Waals surface area (Å²) in [6.07, 6.45) is 0. The molecule has 0 fully saturated rings. The summed E-state index contributed by atoms with van der Waals surface area (Å²) < 4.78 is 0. The summed E-state index contributed by atoms with van der Waals surface area (Å²) in [6, 6.07) is 8.52. The van der Waals surface area contributed by atoms with Gasteiger partial charge in [0.15, 0.2) is 5.71 Å². The van der Waals surface area contributed by atoms with Gasteiger partial charge in [-0.15, -0.1) is 0 Å². The molecule has 0 saturated heterocycles. The highest BCUT2D eigenvalue weighted by atomic mass is 16.4. The molecule has 3 N–H and O–H groups in total. The fourth-order valence-electron chi connectivity index (χ4n) is 0.845. The molecule has 0 heterocycles. The molecule has 0 aliphatic rings. The molecule has 0 aromatic heterocycles. The van der Waals surface area contributed by atoms with Gasteiger partial charge in [0.05, 0.1) is 0 Å². The Labute approximate surface area is 69.3 Å². The van der Waals surface area contributed by atoms with Gasteiger partial charge in [-0.25, -0.2) is 0 Å². The lowest BCUT2D eigenvalue weighted by atomic mass is 10.1. The number of nitrogens with two attached hydrogens (primary N) is 1. The molecule has 62 valence electrons. The quantitative estimate of drug-likeness (QED) is 0.376. The molecule has 1 rings (SSSR count). The first kappa shape index (κ1) is 8.26. The first-order chi connectivity index (χ1) is 5.75.